The van der Waals surface area contributed by atoms with E-state index in [1.54, 1.807) is 4.90 Å². The lowest BCUT2D eigenvalue weighted by Gasteiger charge is -2.25. The van der Waals surface area contributed by atoms with E-state index in [9.17, 15) is 4.79 Å². The molecule has 0 aliphatic carbocycles. The fourth-order valence-electron chi connectivity index (χ4n) is 2.31. The highest BCUT2D eigenvalue weighted by Crippen LogP contribution is 2.21. The van der Waals surface area contributed by atoms with Crippen LogP contribution in [0.5, 0.6) is 0 Å². The molecule has 3 nitrogen and oxygen atoms in total. The van der Waals surface area contributed by atoms with Crippen LogP contribution in [0.4, 0.5) is 5.69 Å². The summed E-state index contributed by atoms with van der Waals surface area (Å²) >= 11 is 3.43. The van der Waals surface area contributed by atoms with Crippen LogP contribution in [0.3, 0.4) is 0 Å². The first-order valence-corrected chi connectivity index (χ1v) is 7.19. The van der Waals surface area contributed by atoms with Gasteiger partial charge in [0.2, 0.25) is 5.91 Å². The van der Waals surface area contributed by atoms with Crippen molar-refractivity contribution in [1.82, 2.24) is 5.32 Å². The summed E-state index contributed by atoms with van der Waals surface area (Å²) in [5.41, 5.74) is 0.943. The first-order chi connectivity index (χ1) is 8.66. The van der Waals surface area contributed by atoms with Crippen molar-refractivity contribution < 1.29 is 4.79 Å². The second-order valence-electron chi connectivity index (χ2n) is 4.85. The third-order valence-electron chi connectivity index (χ3n) is 3.43. The quantitative estimate of drug-likeness (QED) is 0.931. The number of rotatable bonds is 3. The van der Waals surface area contributed by atoms with Crippen LogP contribution >= 0.6 is 15.9 Å². The fraction of sp³-hybridized carbons (Fsp3) is 0.500. The third-order valence-corrected chi connectivity index (χ3v) is 3.93. The molecule has 18 heavy (non-hydrogen) atoms. The Balaban J connectivity index is 1.95. The number of halogens is 1. The molecule has 1 heterocycles. The van der Waals surface area contributed by atoms with E-state index in [2.05, 4.69) is 21.2 Å². The normalized spacial score (nSPS) is 19.6. The molecule has 1 fully saturated rings. The number of hydrogen-bond acceptors (Lipinski definition) is 2. The molecule has 1 unspecified atom stereocenters. The van der Waals surface area contributed by atoms with Crippen LogP contribution in [0.1, 0.15) is 19.3 Å². The molecule has 1 amide bonds. The molecule has 0 radical (unpaired) electrons. The Bertz CT molecular complexity index is 416. The van der Waals surface area contributed by atoms with Gasteiger partial charge in [-0.15, -0.1) is 0 Å². The molecular formula is C14H19BrN2O. The van der Waals surface area contributed by atoms with Crippen LogP contribution < -0.4 is 10.2 Å². The molecule has 1 atom stereocenters. The van der Waals surface area contributed by atoms with Gasteiger partial charge in [0.15, 0.2) is 0 Å². The van der Waals surface area contributed by atoms with Gasteiger partial charge in [0.05, 0.1) is 0 Å². The summed E-state index contributed by atoms with van der Waals surface area (Å²) in [6.45, 7) is 2.06. The molecule has 1 saturated heterocycles. The highest BCUT2D eigenvalue weighted by Gasteiger charge is 2.19. The molecule has 0 saturated carbocycles. The minimum atomic E-state index is 0.196. The average Bonchev–Trinajstić information content (AvgIpc) is 2.39. The highest BCUT2D eigenvalue weighted by atomic mass is 79.9. The Labute approximate surface area is 117 Å². The lowest BCUT2D eigenvalue weighted by Crippen LogP contribution is -2.35. The molecule has 1 N–H and O–H groups in total. The maximum absolute atomic E-state index is 12.2. The average molecular weight is 311 g/mol. The molecule has 0 spiro atoms. The maximum Gasteiger partial charge on any atom is 0.227 e. The van der Waals surface area contributed by atoms with E-state index in [-0.39, 0.29) is 5.91 Å². The van der Waals surface area contributed by atoms with Gasteiger partial charge in [-0.25, -0.2) is 0 Å². The van der Waals surface area contributed by atoms with E-state index in [1.807, 2.05) is 31.3 Å². The van der Waals surface area contributed by atoms with Crippen molar-refractivity contribution in [2.45, 2.75) is 19.3 Å². The van der Waals surface area contributed by atoms with Gasteiger partial charge in [-0.1, -0.05) is 22.0 Å². The number of benzene rings is 1. The SMILES string of the molecule is CN(C(=O)CC1CCCNC1)c1cccc(Br)c1. The molecule has 0 bridgehead atoms. The molecule has 2 rings (SSSR count). The van der Waals surface area contributed by atoms with E-state index in [4.69, 9.17) is 0 Å². The number of anilines is 1. The van der Waals surface area contributed by atoms with Crippen LogP contribution in [0.25, 0.3) is 0 Å². The second kappa shape index (κ2) is 6.34. The van der Waals surface area contributed by atoms with E-state index in [0.29, 0.717) is 12.3 Å². The van der Waals surface area contributed by atoms with Gasteiger partial charge in [-0.05, 0) is 50.0 Å². The number of nitrogens with zero attached hydrogens (tertiary/aromatic N) is 1. The molecule has 1 aliphatic rings. The summed E-state index contributed by atoms with van der Waals surface area (Å²) < 4.78 is 0.999. The molecule has 0 aromatic heterocycles. The van der Waals surface area contributed by atoms with Crippen LogP contribution in [-0.4, -0.2) is 26.0 Å². The Kier molecular flexibility index (Phi) is 4.78. The summed E-state index contributed by atoms with van der Waals surface area (Å²) in [6, 6.07) is 7.84. The predicted molar refractivity (Wildman–Crippen MR) is 77.8 cm³/mol. The lowest BCUT2D eigenvalue weighted by molar-refractivity contribution is -0.119. The first-order valence-electron chi connectivity index (χ1n) is 6.39. The van der Waals surface area contributed by atoms with E-state index >= 15 is 0 Å². The zero-order valence-corrected chi connectivity index (χ0v) is 12.2. The van der Waals surface area contributed by atoms with Crippen molar-refractivity contribution in [3.8, 4) is 0 Å². The first kappa shape index (κ1) is 13.6. The molecule has 1 aromatic rings. The summed E-state index contributed by atoms with van der Waals surface area (Å²) in [5, 5.41) is 3.35. The largest absolute Gasteiger partial charge is 0.316 e. The van der Waals surface area contributed by atoms with E-state index < -0.39 is 0 Å². The van der Waals surface area contributed by atoms with Crippen molar-refractivity contribution in [3.63, 3.8) is 0 Å². The van der Waals surface area contributed by atoms with Crippen LogP contribution in [-0.2, 0) is 4.79 Å². The van der Waals surface area contributed by atoms with Crippen LogP contribution in [0.2, 0.25) is 0 Å². The van der Waals surface area contributed by atoms with Crippen LogP contribution in [0, 0.1) is 5.92 Å². The summed E-state index contributed by atoms with van der Waals surface area (Å²) in [4.78, 5) is 14.0. The van der Waals surface area contributed by atoms with E-state index in [1.165, 1.54) is 6.42 Å². The number of nitrogens with one attached hydrogen (secondary N) is 1. The topological polar surface area (TPSA) is 32.3 Å². The molecule has 1 aliphatic heterocycles. The van der Waals surface area contributed by atoms with E-state index in [0.717, 1.165) is 29.7 Å². The van der Waals surface area contributed by atoms with Gasteiger partial charge in [0, 0.05) is 23.6 Å². The summed E-state index contributed by atoms with van der Waals surface area (Å²) in [6.07, 6.45) is 2.97. The van der Waals surface area contributed by atoms with Crippen molar-refractivity contribution in [1.29, 1.82) is 0 Å². The third kappa shape index (κ3) is 3.56. The van der Waals surface area contributed by atoms with Crippen molar-refractivity contribution in [3.05, 3.63) is 28.7 Å². The van der Waals surface area contributed by atoms with Crippen molar-refractivity contribution >= 4 is 27.5 Å². The van der Waals surface area contributed by atoms with Gasteiger partial charge in [-0.2, -0.15) is 0 Å². The zero-order chi connectivity index (χ0) is 13.0. The number of piperidine rings is 1. The summed E-state index contributed by atoms with van der Waals surface area (Å²) in [7, 11) is 1.85. The molecule has 98 valence electrons. The van der Waals surface area contributed by atoms with Crippen molar-refractivity contribution in [2.75, 3.05) is 25.0 Å². The Morgan fingerprint density at radius 3 is 3.06 bits per heavy atom. The minimum Gasteiger partial charge on any atom is -0.316 e. The van der Waals surface area contributed by atoms with Crippen molar-refractivity contribution in [2.24, 2.45) is 5.92 Å². The Morgan fingerprint density at radius 2 is 2.39 bits per heavy atom. The Morgan fingerprint density at radius 1 is 1.56 bits per heavy atom. The monoisotopic (exact) mass is 310 g/mol. The van der Waals surface area contributed by atoms with Gasteiger partial charge in [-0.3, -0.25) is 4.79 Å². The molecule has 1 aromatic carbocycles. The van der Waals surface area contributed by atoms with Gasteiger partial charge < -0.3 is 10.2 Å². The zero-order valence-electron chi connectivity index (χ0n) is 10.7. The second-order valence-corrected chi connectivity index (χ2v) is 5.76. The summed E-state index contributed by atoms with van der Waals surface area (Å²) in [5.74, 6) is 0.683. The standard InChI is InChI=1S/C14H19BrN2O/c1-17(13-6-2-5-12(15)9-13)14(18)8-11-4-3-7-16-10-11/h2,5-6,9,11,16H,3-4,7-8,10H2,1H3. The number of carbonyl (C=O) groups is 1. The maximum atomic E-state index is 12.2. The number of amides is 1. The fourth-order valence-corrected chi connectivity index (χ4v) is 2.70. The number of hydrogen-bond donors (Lipinski definition) is 1. The van der Waals surface area contributed by atoms with Crippen LogP contribution in [0.15, 0.2) is 28.7 Å². The Hall–Kier alpha value is -0.870. The highest BCUT2D eigenvalue weighted by molar-refractivity contribution is 9.10. The smallest absolute Gasteiger partial charge is 0.227 e. The minimum absolute atomic E-state index is 0.196. The van der Waals surface area contributed by atoms with Gasteiger partial charge in [0.25, 0.3) is 0 Å². The lowest BCUT2D eigenvalue weighted by atomic mass is 9.95. The van der Waals surface area contributed by atoms with Gasteiger partial charge in [0.1, 0.15) is 0 Å². The van der Waals surface area contributed by atoms with Gasteiger partial charge >= 0.3 is 0 Å². The molecular weight excluding hydrogens is 292 g/mol. The molecule has 4 heteroatoms. The predicted octanol–water partition coefficient (Wildman–Crippen LogP) is 2.80. The number of carbonyl (C=O) groups excluding carboxylic acids is 1.